The summed E-state index contributed by atoms with van der Waals surface area (Å²) in [5.74, 6) is -0.618. The maximum absolute atomic E-state index is 14.3. The summed E-state index contributed by atoms with van der Waals surface area (Å²) < 4.78 is 44.0. The van der Waals surface area contributed by atoms with Crippen LogP contribution in [0, 0.1) is 23.4 Å². The number of aliphatic hydroxyl groups is 1. The maximum atomic E-state index is 14.3. The molecule has 188 valence electrons. The van der Waals surface area contributed by atoms with E-state index in [1.165, 1.54) is 0 Å². The summed E-state index contributed by atoms with van der Waals surface area (Å²) in [6.45, 7) is 3.13. The number of anilines is 1. The zero-order valence-electron chi connectivity index (χ0n) is 19.7. The molecule has 0 radical (unpaired) electrons. The van der Waals surface area contributed by atoms with Crippen LogP contribution in [0.25, 0.3) is 5.57 Å². The van der Waals surface area contributed by atoms with E-state index in [0.717, 1.165) is 61.1 Å². The van der Waals surface area contributed by atoms with Crippen LogP contribution in [-0.4, -0.2) is 80.9 Å². The van der Waals surface area contributed by atoms with Crippen molar-refractivity contribution in [3.05, 3.63) is 53.8 Å². The van der Waals surface area contributed by atoms with E-state index in [9.17, 15) is 18.3 Å². The molecule has 1 N–H and O–H groups in total. The lowest BCUT2D eigenvalue weighted by Crippen LogP contribution is -2.36. The van der Waals surface area contributed by atoms with E-state index in [0.29, 0.717) is 18.3 Å². The maximum Gasteiger partial charge on any atom is 0.191 e. The molecule has 0 amide bonds. The van der Waals surface area contributed by atoms with Crippen molar-refractivity contribution in [1.29, 1.82) is 0 Å². The van der Waals surface area contributed by atoms with E-state index in [4.69, 9.17) is 0 Å². The second kappa shape index (κ2) is 9.87. The van der Waals surface area contributed by atoms with Crippen LogP contribution >= 0.6 is 11.8 Å². The Labute approximate surface area is 206 Å². The number of fused-ring (bicyclic) bond motifs is 1. The molecule has 7 nitrogen and oxygen atoms in total. The minimum Gasteiger partial charge on any atom is -0.370 e. The molecular weight excluding hydrogens is 477 g/mol. The van der Waals surface area contributed by atoms with Gasteiger partial charge in [0.1, 0.15) is 17.7 Å². The number of thioether (sulfide) groups is 1. The number of likely N-dealkylation sites (N-methyl/N-ethyl adjacent to an activating group) is 1. The molecule has 3 aliphatic heterocycles. The largest absolute Gasteiger partial charge is 0.370 e. The van der Waals surface area contributed by atoms with Gasteiger partial charge in [-0.1, -0.05) is 11.8 Å². The number of nitrogens with zero attached hydrogens (tertiary/aromatic N) is 6. The van der Waals surface area contributed by atoms with Gasteiger partial charge in [0.15, 0.2) is 22.6 Å². The predicted molar refractivity (Wildman–Crippen MR) is 129 cm³/mol. The van der Waals surface area contributed by atoms with Gasteiger partial charge >= 0.3 is 0 Å². The average Bonchev–Trinajstić information content (AvgIpc) is 3.48. The Morgan fingerprint density at radius 1 is 1.11 bits per heavy atom. The lowest BCUT2D eigenvalue weighted by molar-refractivity contribution is 0.0980. The summed E-state index contributed by atoms with van der Waals surface area (Å²) in [6, 6.07) is 1.56. The van der Waals surface area contributed by atoms with Crippen molar-refractivity contribution < 1.29 is 18.3 Å². The molecule has 3 aliphatic rings. The van der Waals surface area contributed by atoms with E-state index >= 15 is 0 Å². The molecule has 1 aromatic carbocycles. The second-order valence-corrected chi connectivity index (χ2v) is 10.4. The van der Waals surface area contributed by atoms with E-state index in [2.05, 4.69) is 15.1 Å². The van der Waals surface area contributed by atoms with E-state index in [-0.39, 0.29) is 11.7 Å². The highest BCUT2D eigenvalue weighted by Crippen LogP contribution is 2.38. The van der Waals surface area contributed by atoms with Crippen LogP contribution in [0.4, 0.5) is 18.9 Å². The Hall–Kier alpha value is -2.50. The third-order valence-electron chi connectivity index (χ3n) is 7.07. The molecule has 3 unspecified atom stereocenters. The second-order valence-electron chi connectivity index (χ2n) is 9.37. The normalized spacial score (nSPS) is 24.4. The number of aliphatic hydroxyl groups excluding tert-OH is 1. The lowest BCUT2D eigenvalue weighted by Gasteiger charge is -2.27. The number of halogens is 3. The monoisotopic (exact) mass is 506 g/mol. The van der Waals surface area contributed by atoms with Crippen LogP contribution in [0.15, 0.2) is 35.6 Å². The van der Waals surface area contributed by atoms with Gasteiger partial charge in [0.25, 0.3) is 0 Å². The molecule has 5 rings (SSSR count). The number of likely N-dealkylation sites (tertiary alicyclic amines) is 1. The molecule has 2 saturated heterocycles. The average molecular weight is 507 g/mol. The van der Waals surface area contributed by atoms with Crippen LogP contribution in [0.2, 0.25) is 0 Å². The molecule has 2 aromatic rings. The molecule has 0 bridgehead atoms. The quantitative estimate of drug-likeness (QED) is 0.458. The molecule has 3 atom stereocenters. The van der Waals surface area contributed by atoms with E-state index < -0.39 is 23.7 Å². The minimum absolute atomic E-state index is 0.0460. The first-order valence-corrected chi connectivity index (χ1v) is 12.8. The van der Waals surface area contributed by atoms with Crippen molar-refractivity contribution in [3.63, 3.8) is 0 Å². The lowest BCUT2D eigenvalue weighted by atomic mass is 10.0. The Morgan fingerprint density at radius 3 is 2.63 bits per heavy atom. The van der Waals surface area contributed by atoms with Crippen LogP contribution in [0.3, 0.4) is 0 Å². The van der Waals surface area contributed by atoms with Gasteiger partial charge in [0, 0.05) is 69.4 Å². The Bertz CT molecular complexity index is 1130. The molecule has 11 heteroatoms. The van der Waals surface area contributed by atoms with Crippen molar-refractivity contribution in [2.24, 2.45) is 13.0 Å². The van der Waals surface area contributed by atoms with Gasteiger partial charge in [0.05, 0.1) is 0 Å². The first-order valence-electron chi connectivity index (χ1n) is 11.8. The molecule has 0 saturated carbocycles. The highest BCUT2D eigenvalue weighted by Gasteiger charge is 2.42. The zero-order valence-corrected chi connectivity index (χ0v) is 20.6. The number of allylic oxidation sites excluding steroid dienone is 2. The molecule has 0 spiro atoms. The third-order valence-corrected chi connectivity index (χ3v) is 8.18. The Balaban J connectivity index is 1.13. The predicted octanol–water partition coefficient (Wildman–Crippen LogP) is 3.09. The number of benzene rings is 1. The topological polar surface area (TPSA) is 60.7 Å². The summed E-state index contributed by atoms with van der Waals surface area (Å²) in [7, 11) is 3.72. The fraction of sp³-hybridized carbons (Fsp3) is 0.500. The van der Waals surface area contributed by atoms with Gasteiger partial charge in [-0.3, -0.25) is 0 Å². The van der Waals surface area contributed by atoms with Crippen molar-refractivity contribution in [1.82, 2.24) is 24.6 Å². The fourth-order valence-corrected chi connectivity index (χ4v) is 6.07. The van der Waals surface area contributed by atoms with Crippen LogP contribution < -0.4 is 4.90 Å². The van der Waals surface area contributed by atoms with Gasteiger partial charge in [-0.2, -0.15) is 0 Å². The summed E-state index contributed by atoms with van der Waals surface area (Å²) >= 11 is 1.63. The fourth-order valence-electron chi connectivity index (χ4n) is 5.23. The van der Waals surface area contributed by atoms with Crippen LogP contribution in [0.1, 0.15) is 18.7 Å². The first kappa shape index (κ1) is 24.2. The molecular formula is C24H29F3N6OS. The molecule has 35 heavy (non-hydrogen) atoms. The van der Waals surface area contributed by atoms with Crippen LogP contribution in [0.5, 0.6) is 0 Å². The van der Waals surface area contributed by atoms with Gasteiger partial charge in [-0.05, 0) is 37.5 Å². The number of rotatable bonds is 7. The highest BCUT2D eigenvalue weighted by atomic mass is 32.2. The SMILES string of the molecule is CN1C=CC(c2nnc(SCCCN3CC4CCN(c5c(F)cc(F)cc5F)C4C3)n2C)=CC1O. The van der Waals surface area contributed by atoms with Gasteiger partial charge in [-0.15, -0.1) is 10.2 Å². The number of hydrogen-bond acceptors (Lipinski definition) is 7. The number of aromatic nitrogens is 3. The van der Waals surface area contributed by atoms with Crippen molar-refractivity contribution in [3.8, 4) is 0 Å². The minimum atomic E-state index is -0.891. The summed E-state index contributed by atoms with van der Waals surface area (Å²) in [5, 5.41) is 19.5. The van der Waals surface area contributed by atoms with Gasteiger partial charge in [0.2, 0.25) is 0 Å². The summed E-state index contributed by atoms with van der Waals surface area (Å²) in [5.41, 5.74) is 0.733. The Kier molecular flexibility index (Phi) is 6.82. The van der Waals surface area contributed by atoms with Crippen molar-refractivity contribution >= 4 is 23.0 Å². The summed E-state index contributed by atoms with van der Waals surface area (Å²) in [6.07, 6.45) is 6.60. The molecule has 1 aromatic heterocycles. The molecule has 4 heterocycles. The first-order chi connectivity index (χ1) is 16.8. The standard InChI is InChI=1S/C24H29F3N6OS/c1-30-7-4-15(10-21(30)34)23-28-29-24(31(23)2)35-9-3-6-32-13-16-5-8-33(20(16)14-32)22-18(26)11-17(25)12-19(22)27/h4,7,10-12,16,20-21,34H,3,5-6,8-9,13-14H2,1-2H3. The van der Waals surface area contributed by atoms with Crippen LogP contribution in [-0.2, 0) is 7.05 Å². The van der Waals surface area contributed by atoms with Crippen molar-refractivity contribution in [2.75, 3.05) is 43.9 Å². The third kappa shape index (κ3) is 4.81. The van der Waals surface area contributed by atoms with E-state index in [1.807, 2.05) is 23.9 Å². The van der Waals surface area contributed by atoms with Gasteiger partial charge in [-0.25, -0.2) is 13.2 Å². The molecule has 0 aliphatic carbocycles. The highest BCUT2D eigenvalue weighted by molar-refractivity contribution is 7.99. The Morgan fingerprint density at radius 2 is 1.89 bits per heavy atom. The molecule has 2 fully saturated rings. The van der Waals surface area contributed by atoms with Gasteiger partial charge < -0.3 is 24.4 Å². The van der Waals surface area contributed by atoms with Crippen molar-refractivity contribution in [2.45, 2.75) is 30.3 Å². The number of hydrogen-bond donors (Lipinski definition) is 1. The smallest absolute Gasteiger partial charge is 0.191 e. The summed E-state index contributed by atoms with van der Waals surface area (Å²) in [4.78, 5) is 5.83. The zero-order chi connectivity index (χ0) is 24.7. The van der Waals surface area contributed by atoms with E-state index in [1.54, 1.807) is 34.7 Å².